The molecule has 0 spiro atoms. The lowest BCUT2D eigenvalue weighted by Crippen LogP contribution is -2.43. The van der Waals surface area contributed by atoms with Crippen LogP contribution in [-0.2, 0) is 7.05 Å². The van der Waals surface area contributed by atoms with Crippen LogP contribution < -0.4 is 10.2 Å². The van der Waals surface area contributed by atoms with E-state index in [4.69, 9.17) is 0 Å². The number of aryl methyl sites for hydroxylation is 1. The molecule has 2 heterocycles. The van der Waals surface area contributed by atoms with Crippen molar-refractivity contribution in [2.75, 3.05) is 31.1 Å². The molecule has 0 bridgehead atoms. The first-order valence-corrected chi connectivity index (χ1v) is 6.39. The van der Waals surface area contributed by atoms with Gasteiger partial charge in [0.05, 0.1) is 11.2 Å². The van der Waals surface area contributed by atoms with Gasteiger partial charge in [-0.2, -0.15) is 0 Å². The van der Waals surface area contributed by atoms with Crippen molar-refractivity contribution in [3.8, 4) is 0 Å². The van der Waals surface area contributed by atoms with E-state index in [9.17, 15) is 4.39 Å². The normalized spacial score (nSPS) is 16.5. The summed E-state index contributed by atoms with van der Waals surface area (Å²) in [6.07, 6.45) is 0. The van der Waals surface area contributed by atoms with Crippen LogP contribution in [0.2, 0.25) is 0 Å². The molecule has 0 amide bonds. The summed E-state index contributed by atoms with van der Waals surface area (Å²) in [5.74, 6) is -0.139. The van der Waals surface area contributed by atoms with Gasteiger partial charge < -0.3 is 14.8 Å². The number of aromatic nitrogens is 1. The molecule has 0 radical (unpaired) electrons. The van der Waals surface area contributed by atoms with Gasteiger partial charge in [0.2, 0.25) is 0 Å². The van der Waals surface area contributed by atoms with Gasteiger partial charge in [0.15, 0.2) is 0 Å². The highest BCUT2D eigenvalue weighted by molar-refractivity contribution is 5.96. The van der Waals surface area contributed by atoms with Crippen molar-refractivity contribution in [1.82, 2.24) is 9.88 Å². The van der Waals surface area contributed by atoms with E-state index in [1.165, 1.54) is 11.8 Å². The highest BCUT2D eigenvalue weighted by atomic mass is 19.1. The molecule has 1 fully saturated rings. The minimum absolute atomic E-state index is 0.139. The molecule has 0 atom stereocenters. The lowest BCUT2D eigenvalue weighted by atomic mass is 10.2. The average Bonchev–Trinajstić information content (AvgIpc) is 2.64. The third kappa shape index (κ3) is 1.60. The van der Waals surface area contributed by atoms with Gasteiger partial charge in [-0.15, -0.1) is 0 Å². The zero-order valence-electron chi connectivity index (χ0n) is 10.8. The van der Waals surface area contributed by atoms with Crippen LogP contribution in [0.15, 0.2) is 18.2 Å². The number of anilines is 1. The van der Waals surface area contributed by atoms with Crippen molar-refractivity contribution in [3.05, 3.63) is 29.7 Å². The topological polar surface area (TPSA) is 20.2 Å². The summed E-state index contributed by atoms with van der Waals surface area (Å²) in [6.45, 7) is 6.01. The molecule has 1 saturated heterocycles. The summed E-state index contributed by atoms with van der Waals surface area (Å²) in [5.41, 5.74) is 3.04. The fourth-order valence-electron chi connectivity index (χ4n) is 2.86. The lowest BCUT2D eigenvalue weighted by Gasteiger charge is -2.29. The van der Waals surface area contributed by atoms with Crippen molar-refractivity contribution < 1.29 is 4.39 Å². The Morgan fingerprint density at radius 3 is 2.67 bits per heavy atom. The second kappa shape index (κ2) is 4.28. The van der Waals surface area contributed by atoms with Gasteiger partial charge in [-0.3, -0.25) is 0 Å². The molecule has 0 unspecified atom stereocenters. The Balaban J connectivity index is 2.22. The molecule has 1 N–H and O–H groups in total. The Bertz CT molecular complexity index is 582. The van der Waals surface area contributed by atoms with E-state index in [1.807, 2.05) is 17.7 Å². The molecule has 2 aromatic rings. The Hall–Kier alpha value is -1.55. The number of piperazine rings is 1. The Labute approximate surface area is 106 Å². The van der Waals surface area contributed by atoms with Crippen LogP contribution in [0.3, 0.4) is 0 Å². The van der Waals surface area contributed by atoms with E-state index in [2.05, 4.69) is 17.1 Å². The van der Waals surface area contributed by atoms with Crippen molar-refractivity contribution in [1.29, 1.82) is 0 Å². The number of fused-ring (bicyclic) bond motifs is 1. The van der Waals surface area contributed by atoms with Crippen LogP contribution in [0.25, 0.3) is 10.9 Å². The van der Waals surface area contributed by atoms with Crippen molar-refractivity contribution >= 4 is 16.6 Å². The zero-order chi connectivity index (χ0) is 12.7. The zero-order valence-corrected chi connectivity index (χ0v) is 10.8. The monoisotopic (exact) mass is 247 g/mol. The molecule has 18 heavy (non-hydrogen) atoms. The standard InChI is InChI=1S/C14H18FN3/c1-10-13(18-8-6-16-7-9-18)11-4-3-5-12(15)14(11)17(10)2/h3-5,16H,6-9H2,1-2H3. The van der Waals surface area contributed by atoms with Gasteiger partial charge in [0, 0.05) is 44.3 Å². The van der Waals surface area contributed by atoms with Crippen LogP contribution in [0.1, 0.15) is 5.69 Å². The van der Waals surface area contributed by atoms with Crippen LogP contribution in [0.4, 0.5) is 10.1 Å². The number of hydrogen-bond acceptors (Lipinski definition) is 2. The first kappa shape index (κ1) is 11.5. The molecule has 4 heteroatoms. The van der Waals surface area contributed by atoms with Crippen LogP contribution in [-0.4, -0.2) is 30.7 Å². The third-order valence-corrected chi connectivity index (χ3v) is 3.86. The van der Waals surface area contributed by atoms with Gasteiger partial charge in [0.25, 0.3) is 0 Å². The van der Waals surface area contributed by atoms with Crippen LogP contribution in [0.5, 0.6) is 0 Å². The summed E-state index contributed by atoms with van der Waals surface area (Å²) in [4.78, 5) is 2.35. The number of nitrogens with one attached hydrogen (secondary N) is 1. The van der Waals surface area contributed by atoms with Gasteiger partial charge in [-0.05, 0) is 13.0 Å². The fraction of sp³-hybridized carbons (Fsp3) is 0.429. The van der Waals surface area contributed by atoms with E-state index < -0.39 is 0 Å². The smallest absolute Gasteiger partial charge is 0.147 e. The minimum atomic E-state index is -0.139. The molecule has 0 saturated carbocycles. The van der Waals surface area contributed by atoms with Gasteiger partial charge in [-0.25, -0.2) is 4.39 Å². The van der Waals surface area contributed by atoms with Crippen molar-refractivity contribution in [3.63, 3.8) is 0 Å². The summed E-state index contributed by atoms with van der Waals surface area (Å²) in [7, 11) is 1.94. The highest BCUT2D eigenvalue weighted by Gasteiger charge is 2.20. The number of para-hydroxylation sites is 1. The maximum atomic E-state index is 14.0. The Kier molecular flexibility index (Phi) is 2.74. The number of benzene rings is 1. The van der Waals surface area contributed by atoms with Gasteiger partial charge >= 0.3 is 0 Å². The first-order chi connectivity index (χ1) is 8.70. The van der Waals surface area contributed by atoms with Crippen molar-refractivity contribution in [2.45, 2.75) is 6.92 Å². The molecule has 1 aliphatic rings. The minimum Gasteiger partial charge on any atom is -0.367 e. The lowest BCUT2D eigenvalue weighted by molar-refractivity contribution is 0.588. The number of nitrogens with zero attached hydrogens (tertiary/aromatic N) is 2. The largest absolute Gasteiger partial charge is 0.367 e. The SMILES string of the molecule is Cc1c(N2CCNCC2)c2cccc(F)c2n1C. The molecule has 3 rings (SSSR count). The molecule has 1 aliphatic heterocycles. The molecule has 0 aliphatic carbocycles. The van der Waals surface area contributed by atoms with E-state index in [1.54, 1.807) is 6.07 Å². The first-order valence-electron chi connectivity index (χ1n) is 6.39. The summed E-state index contributed by atoms with van der Waals surface area (Å²) in [6, 6.07) is 5.34. The van der Waals surface area contributed by atoms with E-state index in [-0.39, 0.29) is 5.82 Å². The second-order valence-corrected chi connectivity index (χ2v) is 4.87. The molecular weight excluding hydrogens is 229 g/mol. The Morgan fingerprint density at radius 2 is 1.94 bits per heavy atom. The molecule has 1 aromatic heterocycles. The molecule has 1 aromatic carbocycles. The van der Waals surface area contributed by atoms with Gasteiger partial charge in [-0.1, -0.05) is 12.1 Å². The summed E-state index contributed by atoms with van der Waals surface area (Å²) >= 11 is 0. The highest BCUT2D eigenvalue weighted by Crippen LogP contribution is 2.34. The molecule has 96 valence electrons. The summed E-state index contributed by atoms with van der Waals surface area (Å²) in [5, 5.41) is 4.37. The predicted molar refractivity (Wildman–Crippen MR) is 72.7 cm³/mol. The Morgan fingerprint density at radius 1 is 1.22 bits per heavy atom. The maximum absolute atomic E-state index is 14.0. The van der Waals surface area contributed by atoms with E-state index in [0.29, 0.717) is 5.52 Å². The quantitative estimate of drug-likeness (QED) is 0.832. The summed E-state index contributed by atoms with van der Waals surface area (Å²) < 4.78 is 15.9. The molecule has 3 nitrogen and oxygen atoms in total. The number of rotatable bonds is 1. The van der Waals surface area contributed by atoms with E-state index in [0.717, 1.165) is 37.3 Å². The average molecular weight is 247 g/mol. The number of halogens is 1. The van der Waals surface area contributed by atoms with Crippen molar-refractivity contribution in [2.24, 2.45) is 7.05 Å². The number of hydrogen-bond donors (Lipinski definition) is 1. The van der Waals surface area contributed by atoms with Gasteiger partial charge in [0.1, 0.15) is 5.82 Å². The van der Waals surface area contributed by atoms with Crippen LogP contribution >= 0.6 is 0 Å². The maximum Gasteiger partial charge on any atom is 0.147 e. The predicted octanol–water partition coefficient (Wildman–Crippen LogP) is 2.04. The fourth-order valence-corrected chi connectivity index (χ4v) is 2.86. The van der Waals surface area contributed by atoms with E-state index >= 15 is 0 Å². The van der Waals surface area contributed by atoms with Crippen LogP contribution in [0, 0.1) is 12.7 Å². The second-order valence-electron chi connectivity index (χ2n) is 4.87. The molecular formula is C14H18FN3. The third-order valence-electron chi connectivity index (χ3n) is 3.86.